The Morgan fingerprint density at radius 1 is 0.696 bits per heavy atom. The van der Waals surface area contributed by atoms with Crippen LogP contribution in [0, 0.1) is 0 Å². The zero-order valence-corrected chi connectivity index (χ0v) is 19.6. The largest absolute Gasteiger partial charge is 0.410 e. The maximum absolute atomic E-state index is 6.50. The molecule has 0 aromatic carbocycles. The lowest BCUT2D eigenvalue weighted by atomic mass is 10.1. The van der Waals surface area contributed by atoms with Gasteiger partial charge in [0, 0.05) is 7.11 Å². The van der Waals surface area contributed by atoms with Crippen LogP contribution in [0.4, 0.5) is 0 Å². The fraction of sp³-hybridized carbons (Fsp3) is 1.00. The lowest BCUT2D eigenvalue weighted by molar-refractivity contribution is -0.250. The van der Waals surface area contributed by atoms with Crippen molar-refractivity contribution in [1.82, 2.24) is 0 Å². The fourth-order valence-electron chi connectivity index (χ4n) is 2.59. The SMILES string of the molecule is COC1OC[C@H](O[Si](C)(C)C)[C@@H](O[Si](C)(C)C)[C@H]1O[Si](C)(C)C. The van der Waals surface area contributed by atoms with E-state index in [1.54, 1.807) is 7.11 Å². The smallest absolute Gasteiger partial charge is 0.184 e. The average molecular weight is 381 g/mol. The van der Waals surface area contributed by atoms with Gasteiger partial charge < -0.3 is 22.8 Å². The Hall–Kier alpha value is 0.451. The Labute approximate surface area is 145 Å². The van der Waals surface area contributed by atoms with Crippen LogP contribution in [0.5, 0.6) is 0 Å². The standard InChI is InChI=1S/C15H36O5Si3/c1-16-15-14(20-23(8,9)10)13(19-22(5,6)7)12(11-17-15)18-21(2,3)4/h12-15H,11H2,1-10H3/t12-,13+,14+,15?/m0/s1. The molecule has 0 aromatic rings. The Morgan fingerprint density at radius 2 is 1.13 bits per heavy atom. The van der Waals surface area contributed by atoms with E-state index in [0.29, 0.717) is 6.61 Å². The van der Waals surface area contributed by atoms with Crippen molar-refractivity contribution in [1.29, 1.82) is 0 Å². The summed E-state index contributed by atoms with van der Waals surface area (Å²) >= 11 is 0. The highest BCUT2D eigenvalue weighted by atomic mass is 28.4. The van der Waals surface area contributed by atoms with Crippen LogP contribution >= 0.6 is 0 Å². The van der Waals surface area contributed by atoms with Crippen molar-refractivity contribution in [3.8, 4) is 0 Å². The van der Waals surface area contributed by atoms with E-state index >= 15 is 0 Å². The predicted octanol–water partition coefficient (Wildman–Crippen LogP) is 3.65. The van der Waals surface area contributed by atoms with Crippen LogP contribution in [0.3, 0.4) is 0 Å². The van der Waals surface area contributed by atoms with Crippen molar-refractivity contribution in [2.45, 2.75) is 83.5 Å². The molecule has 1 aliphatic rings. The molecule has 0 saturated carbocycles. The van der Waals surface area contributed by atoms with Gasteiger partial charge in [0.25, 0.3) is 0 Å². The molecular formula is C15H36O5Si3. The second kappa shape index (κ2) is 7.77. The van der Waals surface area contributed by atoms with E-state index in [1.165, 1.54) is 0 Å². The first-order valence-electron chi connectivity index (χ1n) is 8.40. The van der Waals surface area contributed by atoms with E-state index in [9.17, 15) is 0 Å². The van der Waals surface area contributed by atoms with Crippen LogP contribution < -0.4 is 0 Å². The third kappa shape index (κ3) is 7.91. The van der Waals surface area contributed by atoms with Gasteiger partial charge in [-0.2, -0.15) is 0 Å². The summed E-state index contributed by atoms with van der Waals surface area (Å²) in [5, 5.41) is 0. The molecule has 1 heterocycles. The maximum Gasteiger partial charge on any atom is 0.184 e. The molecule has 0 spiro atoms. The van der Waals surface area contributed by atoms with Crippen molar-refractivity contribution in [2.75, 3.05) is 13.7 Å². The van der Waals surface area contributed by atoms with Crippen molar-refractivity contribution >= 4 is 25.0 Å². The molecule has 4 atom stereocenters. The highest BCUT2D eigenvalue weighted by Gasteiger charge is 2.47. The summed E-state index contributed by atoms with van der Waals surface area (Å²) in [6.45, 7) is 20.2. The molecule has 1 fully saturated rings. The molecule has 0 bridgehead atoms. The molecule has 1 rings (SSSR count). The van der Waals surface area contributed by atoms with Gasteiger partial charge >= 0.3 is 0 Å². The first-order valence-corrected chi connectivity index (χ1v) is 18.6. The summed E-state index contributed by atoms with van der Waals surface area (Å²) < 4.78 is 30.7. The van der Waals surface area contributed by atoms with Gasteiger partial charge in [-0.25, -0.2) is 0 Å². The van der Waals surface area contributed by atoms with E-state index in [2.05, 4.69) is 58.9 Å². The van der Waals surface area contributed by atoms with Gasteiger partial charge in [0.2, 0.25) is 0 Å². The third-order valence-electron chi connectivity index (χ3n) is 3.10. The number of hydrogen-bond donors (Lipinski definition) is 0. The molecule has 1 saturated heterocycles. The predicted molar refractivity (Wildman–Crippen MR) is 101 cm³/mol. The topological polar surface area (TPSA) is 46.2 Å². The lowest BCUT2D eigenvalue weighted by Gasteiger charge is -2.47. The Balaban J connectivity index is 3.08. The second-order valence-electron chi connectivity index (χ2n) is 9.10. The van der Waals surface area contributed by atoms with Crippen LogP contribution in [0.1, 0.15) is 0 Å². The summed E-state index contributed by atoms with van der Waals surface area (Å²) in [7, 11) is -3.59. The minimum Gasteiger partial charge on any atom is -0.410 e. The average Bonchev–Trinajstić information content (AvgIpc) is 2.28. The first kappa shape index (κ1) is 21.5. The Morgan fingerprint density at radius 3 is 1.52 bits per heavy atom. The molecule has 0 N–H and O–H groups in total. The Kier molecular flexibility index (Phi) is 7.27. The minimum atomic E-state index is -1.78. The van der Waals surface area contributed by atoms with E-state index in [1.807, 2.05) is 0 Å². The monoisotopic (exact) mass is 380 g/mol. The first-order chi connectivity index (χ1) is 10.2. The quantitative estimate of drug-likeness (QED) is 0.631. The number of hydrogen-bond acceptors (Lipinski definition) is 5. The summed E-state index contributed by atoms with van der Waals surface area (Å²) in [6.07, 6.45) is -0.877. The number of rotatable bonds is 7. The van der Waals surface area contributed by atoms with Gasteiger partial charge in [-0.05, 0) is 58.9 Å². The van der Waals surface area contributed by atoms with Gasteiger partial charge in [-0.15, -0.1) is 0 Å². The van der Waals surface area contributed by atoms with Gasteiger partial charge in [-0.3, -0.25) is 0 Å². The molecule has 0 amide bonds. The minimum absolute atomic E-state index is 0.0962. The van der Waals surface area contributed by atoms with E-state index in [0.717, 1.165) is 0 Å². The number of methoxy groups -OCH3 is 1. The molecular weight excluding hydrogens is 344 g/mol. The van der Waals surface area contributed by atoms with Crippen LogP contribution in [-0.4, -0.2) is 63.3 Å². The summed E-state index contributed by atoms with van der Waals surface area (Å²) in [4.78, 5) is 0. The van der Waals surface area contributed by atoms with E-state index < -0.39 is 31.2 Å². The molecule has 5 nitrogen and oxygen atoms in total. The van der Waals surface area contributed by atoms with Crippen LogP contribution in [0.2, 0.25) is 58.9 Å². The summed E-state index contributed by atoms with van der Waals surface area (Å²) in [5.41, 5.74) is 0. The lowest BCUT2D eigenvalue weighted by Crippen LogP contribution is -2.62. The zero-order valence-electron chi connectivity index (χ0n) is 16.6. The highest BCUT2D eigenvalue weighted by molar-refractivity contribution is 6.70. The molecule has 0 aromatic heterocycles. The van der Waals surface area contributed by atoms with Crippen LogP contribution in [0.15, 0.2) is 0 Å². The molecule has 0 aliphatic carbocycles. The number of ether oxygens (including phenoxy) is 2. The van der Waals surface area contributed by atoms with Crippen molar-refractivity contribution in [2.24, 2.45) is 0 Å². The summed E-state index contributed by atoms with van der Waals surface area (Å²) in [5.74, 6) is 0. The molecule has 138 valence electrons. The van der Waals surface area contributed by atoms with Gasteiger partial charge in [-0.1, -0.05) is 0 Å². The molecule has 23 heavy (non-hydrogen) atoms. The van der Waals surface area contributed by atoms with E-state index in [-0.39, 0.29) is 18.3 Å². The molecule has 1 unspecified atom stereocenters. The normalized spacial score (nSPS) is 30.5. The van der Waals surface area contributed by atoms with Crippen LogP contribution in [0.25, 0.3) is 0 Å². The molecule has 1 aliphatic heterocycles. The van der Waals surface area contributed by atoms with Gasteiger partial charge in [0.15, 0.2) is 31.2 Å². The molecule has 8 heteroatoms. The van der Waals surface area contributed by atoms with Gasteiger partial charge in [0.05, 0.1) is 12.7 Å². The Bertz CT molecular complexity index is 373. The maximum atomic E-state index is 6.50. The summed E-state index contributed by atoms with van der Waals surface area (Å²) in [6, 6.07) is 0. The third-order valence-corrected chi connectivity index (χ3v) is 6.07. The second-order valence-corrected chi connectivity index (χ2v) is 22.5. The van der Waals surface area contributed by atoms with Gasteiger partial charge in [0.1, 0.15) is 12.2 Å². The van der Waals surface area contributed by atoms with Crippen molar-refractivity contribution in [3.05, 3.63) is 0 Å². The van der Waals surface area contributed by atoms with Crippen molar-refractivity contribution < 1.29 is 22.8 Å². The highest BCUT2D eigenvalue weighted by Crippen LogP contribution is 2.30. The molecule has 0 radical (unpaired) electrons. The zero-order chi connectivity index (χ0) is 18.1. The van der Waals surface area contributed by atoms with E-state index in [4.69, 9.17) is 22.8 Å². The fourth-order valence-corrected chi connectivity index (χ4v) is 5.86. The van der Waals surface area contributed by atoms with Crippen molar-refractivity contribution in [3.63, 3.8) is 0 Å². The van der Waals surface area contributed by atoms with Crippen LogP contribution in [-0.2, 0) is 22.8 Å².